The van der Waals surface area contributed by atoms with Gasteiger partial charge in [-0.05, 0) is 37.0 Å². The first-order chi connectivity index (χ1) is 15.1. The number of hydrogen-bond acceptors (Lipinski definition) is 8. The highest BCUT2D eigenvalue weighted by atomic mass is 32.2. The fourth-order valence-corrected chi connectivity index (χ4v) is 5.52. The van der Waals surface area contributed by atoms with Gasteiger partial charge in [-0.25, -0.2) is 4.79 Å². The minimum absolute atomic E-state index is 0.126. The number of amides is 1. The second kappa shape index (κ2) is 9.44. The molecule has 0 spiro atoms. The Morgan fingerprint density at radius 2 is 2.23 bits per heavy atom. The number of carbonyl (C=O) groups excluding carboxylic acids is 2. The van der Waals surface area contributed by atoms with E-state index in [1.807, 2.05) is 22.8 Å². The van der Waals surface area contributed by atoms with Gasteiger partial charge in [-0.15, -0.1) is 28.1 Å². The molecule has 0 unspecified atom stereocenters. The average Bonchev–Trinajstić information content (AvgIpc) is 3.47. The van der Waals surface area contributed by atoms with Crippen LogP contribution in [-0.2, 0) is 28.9 Å². The van der Waals surface area contributed by atoms with Crippen molar-refractivity contribution in [2.75, 3.05) is 18.2 Å². The summed E-state index contributed by atoms with van der Waals surface area (Å²) in [6, 6.07) is 5.57. The maximum atomic E-state index is 12.7. The summed E-state index contributed by atoms with van der Waals surface area (Å²) >= 11 is 2.73. The molecule has 1 aliphatic rings. The number of allylic oxidation sites excluding steroid dienone is 1. The van der Waals surface area contributed by atoms with Gasteiger partial charge in [0.05, 0.1) is 18.4 Å². The molecule has 0 saturated carbocycles. The molecule has 1 N–H and O–H groups in total. The van der Waals surface area contributed by atoms with Crippen LogP contribution in [0.1, 0.15) is 27.2 Å². The van der Waals surface area contributed by atoms with Gasteiger partial charge in [0.15, 0.2) is 11.0 Å². The predicted octanol–water partition coefficient (Wildman–Crippen LogP) is 3.59. The topological polar surface area (TPSA) is 99.0 Å². The summed E-state index contributed by atoms with van der Waals surface area (Å²) in [5.74, 6) is 0.113. The van der Waals surface area contributed by atoms with Crippen molar-refractivity contribution >= 4 is 40.0 Å². The molecule has 10 heteroatoms. The largest absolute Gasteiger partial charge is 0.465 e. The Bertz CT molecular complexity index is 1120. The number of methoxy groups -OCH3 is 1. The fraction of sp³-hybridized carbons (Fsp3) is 0.286. The molecular weight excluding hydrogens is 434 g/mol. The Hall–Kier alpha value is -2.98. The summed E-state index contributed by atoms with van der Waals surface area (Å²) in [6.45, 7) is 4.29. The highest BCUT2D eigenvalue weighted by molar-refractivity contribution is 7.99. The molecule has 4 rings (SSSR count). The van der Waals surface area contributed by atoms with Crippen molar-refractivity contribution in [3.05, 3.63) is 53.1 Å². The lowest BCUT2D eigenvalue weighted by atomic mass is 10.1. The lowest BCUT2D eigenvalue weighted by Crippen LogP contribution is -2.16. The number of aromatic nitrogens is 4. The summed E-state index contributed by atoms with van der Waals surface area (Å²) in [5, 5.41) is 12.5. The first kappa shape index (κ1) is 21.3. The predicted molar refractivity (Wildman–Crippen MR) is 120 cm³/mol. The number of esters is 1. The van der Waals surface area contributed by atoms with Crippen molar-refractivity contribution in [3.63, 3.8) is 0 Å². The Labute approximate surface area is 187 Å². The van der Waals surface area contributed by atoms with Gasteiger partial charge in [0.25, 0.3) is 0 Å². The first-order valence-electron chi connectivity index (χ1n) is 9.73. The van der Waals surface area contributed by atoms with E-state index in [-0.39, 0.29) is 11.7 Å². The Kier molecular flexibility index (Phi) is 6.47. The fourth-order valence-electron chi connectivity index (χ4n) is 3.48. The van der Waals surface area contributed by atoms with E-state index >= 15 is 0 Å². The van der Waals surface area contributed by atoms with E-state index in [0.29, 0.717) is 33.8 Å². The molecule has 0 radical (unpaired) electrons. The third kappa shape index (κ3) is 4.40. The maximum absolute atomic E-state index is 12.7. The molecule has 31 heavy (non-hydrogen) atoms. The van der Waals surface area contributed by atoms with E-state index in [1.54, 1.807) is 12.3 Å². The number of ether oxygens (including phenoxy) is 1. The number of fused-ring (bicyclic) bond motifs is 1. The highest BCUT2D eigenvalue weighted by Crippen LogP contribution is 2.39. The molecule has 0 saturated heterocycles. The van der Waals surface area contributed by atoms with Crippen molar-refractivity contribution < 1.29 is 14.3 Å². The molecule has 0 atom stereocenters. The van der Waals surface area contributed by atoms with Crippen molar-refractivity contribution in [1.82, 2.24) is 19.7 Å². The van der Waals surface area contributed by atoms with Gasteiger partial charge in [-0.2, -0.15) is 0 Å². The third-order valence-corrected chi connectivity index (χ3v) is 6.99. The van der Waals surface area contributed by atoms with E-state index in [1.165, 1.54) is 30.2 Å². The summed E-state index contributed by atoms with van der Waals surface area (Å²) in [4.78, 5) is 30.4. The second-order valence-corrected chi connectivity index (χ2v) is 8.86. The van der Waals surface area contributed by atoms with Crippen LogP contribution in [0.4, 0.5) is 5.00 Å². The smallest absolute Gasteiger partial charge is 0.341 e. The number of rotatable bonds is 8. The Balaban J connectivity index is 1.48. The van der Waals surface area contributed by atoms with Gasteiger partial charge >= 0.3 is 5.97 Å². The molecule has 3 heterocycles. The summed E-state index contributed by atoms with van der Waals surface area (Å²) in [7, 11) is 1.36. The molecule has 0 aliphatic heterocycles. The number of anilines is 1. The van der Waals surface area contributed by atoms with Crippen molar-refractivity contribution in [2.45, 2.75) is 31.0 Å². The normalized spacial score (nSPS) is 12.4. The molecule has 160 valence electrons. The minimum Gasteiger partial charge on any atom is -0.465 e. The van der Waals surface area contributed by atoms with Crippen LogP contribution in [-0.4, -0.2) is 44.5 Å². The summed E-state index contributed by atoms with van der Waals surface area (Å²) in [6.07, 6.45) is 6.22. The number of nitrogens with zero attached hydrogens (tertiary/aromatic N) is 4. The Morgan fingerprint density at radius 3 is 2.97 bits per heavy atom. The first-order valence-corrected chi connectivity index (χ1v) is 11.5. The average molecular weight is 456 g/mol. The van der Waals surface area contributed by atoms with E-state index in [0.717, 1.165) is 29.7 Å². The van der Waals surface area contributed by atoms with Crippen LogP contribution in [0.5, 0.6) is 0 Å². The van der Waals surface area contributed by atoms with Gasteiger partial charge in [0, 0.05) is 17.6 Å². The van der Waals surface area contributed by atoms with Gasteiger partial charge in [0.1, 0.15) is 10.7 Å². The number of hydrogen-bond donors (Lipinski definition) is 1. The SMILES string of the molecule is C=CCn1c(SCC(=O)Nc2sc3c(c2C(=O)OC)CCC3)nnc1-c1ccccn1. The summed E-state index contributed by atoms with van der Waals surface area (Å²) in [5.41, 5.74) is 2.19. The number of thiophene rings is 1. The highest BCUT2D eigenvalue weighted by Gasteiger charge is 2.28. The van der Waals surface area contributed by atoms with Gasteiger partial charge < -0.3 is 10.1 Å². The maximum Gasteiger partial charge on any atom is 0.341 e. The molecule has 1 aliphatic carbocycles. The van der Waals surface area contributed by atoms with E-state index in [2.05, 4.69) is 27.1 Å². The van der Waals surface area contributed by atoms with Crippen LogP contribution < -0.4 is 5.32 Å². The molecule has 0 fully saturated rings. The van der Waals surface area contributed by atoms with Crippen LogP contribution >= 0.6 is 23.1 Å². The summed E-state index contributed by atoms with van der Waals surface area (Å²) < 4.78 is 6.80. The van der Waals surface area contributed by atoms with Gasteiger partial charge in [0.2, 0.25) is 5.91 Å². The number of nitrogens with one attached hydrogen (secondary N) is 1. The molecule has 1 amide bonds. The van der Waals surface area contributed by atoms with Gasteiger partial charge in [-0.1, -0.05) is 23.9 Å². The molecule has 8 nitrogen and oxygen atoms in total. The Morgan fingerprint density at radius 1 is 1.35 bits per heavy atom. The van der Waals surface area contributed by atoms with Crippen molar-refractivity contribution in [3.8, 4) is 11.5 Å². The monoisotopic (exact) mass is 455 g/mol. The minimum atomic E-state index is -0.409. The van der Waals surface area contributed by atoms with Crippen LogP contribution in [0.25, 0.3) is 11.5 Å². The van der Waals surface area contributed by atoms with Crippen LogP contribution in [0.15, 0.2) is 42.2 Å². The standard InChI is InChI=1S/C21H21N5O3S2/c1-3-11-26-18(14-8-4-5-10-22-14)24-25-21(26)30-12-16(27)23-19-17(20(28)29-2)13-7-6-9-15(13)31-19/h3-5,8,10H,1,6-7,9,11-12H2,2H3,(H,23,27). The lowest BCUT2D eigenvalue weighted by Gasteiger charge is -2.08. The molecule has 3 aromatic heterocycles. The number of aryl methyl sites for hydroxylation is 1. The van der Waals surface area contributed by atoms with Crippen LogP contribution in [0.2, 0.25) is 0 Å². The zero-order valence-corrected chi connectivity index (χ0v) is 18.6. The quantitative estimate of drug-likeness (QED) is 0.315. The molecule has 3 aromatic rings. The van der Waals surface area contributed by atoms with Crippen LogP contribution in [0, 0.1) is 0 Å². The third-order valence-electron chi connectivity index (χ3n) is 4.82. The number of carbonyl (C=O) groups is 2. The zero-order valence-electron chi connectivity index (χ0n) is 17.0. The van der Waals surface area contributed by atoms with Crippen molar-refractivity contribution in [1.29, 1.82) is 0 Å². The molecular formula is C21H21N5O3S2. The van der Waals surface area contributed by atoms with Crippen LogP contribution in [0.3, 0.4) is 0 Å². The second-order valence-electron chi connectivity index (χ2n) is 6.81. The zero-order chi connectivity index (χ0) is 21.8. The lowest BCUT2D eigenvalue weighted by molar-refractivity contribution is -0.113. The molecule has 0 aromatic carbocycles. The van der Waals surface area contributed by atoms with Crippen molar-refractivity contribution in [2.24, 2.45) is 0 Å². The molecule has 0 bridgehead atoms. The number of pyridine rings is 1. The number of thioether (sulfide) groups is 1. The van der Waals surface area contributed by atoms with E-state index < -0.39 is 5.97 Å². The van der Waals surface area contributed by atoms with Gasteiger partial charge in [-0.3, -0.25) is 14.3 Å². The van der Waals surface area contributed by atoms with E-state index in [9.17, 15) is 9.59 Å². The van der Waals surface area contributed by atoms with E-state index in [4.69, 9.17) is 4.74 Å².